The van der Waals surface area contributed by atoms with Crippen LogP contribution in [-0.4, -0.2) is 34.9 Å². The Balaban J connectivity index is 2.13. The summed E-state index contributed by atoms with van der Waals surface area (Å²) in [7, 11) is 1.73. The van der Waals surface area contributed by atoms with E-state index in [-0.39, 0.29) is 0 Å². The van der Waals surface area contributed by atoms with Crippen LogP contribution in [0.15, 0.2) is 16.6 Å². The minimum absolute atomic E-state index is 0.567. The molecule has 2 aromatic rings. The van der Waals surface area contributed by atoms with E-state index in [1.165, 1.54) is 5.69 Å². The van der Waals surface area contributed by atoms with Crippen molar-refractivity contribution in [2.75, 3.05) is 20.3 Å². The molecule has 1 unspecified atom stereocenters. The van der Waals surface area contributed by atoms with Crippen molar-refractivity contribution >= 4 is 28.1 Å². The second-order valence-electron chi connectivity index (χ2n) is 5.16. The Bertz CT molecular complexity index is 535. The number of rotatable bonds is 8. The van der Waals surface area contributed by atoms with Crippen LogP contribution in [0, 0.1) is 5.92 Å². The number of nitrogens with zero attached hydrogens (tertiary/aromatic N) is 2. The van der Waals surface area contributed by atoms with Crippen LogP contribution >= 0.6 is 23.1 Å². The highest BCUT2D eigenvalue weighted by Crippen LogP contribution is 2.31. The molecule has 0 fully saturated rings. The quantitative estimate of drug-likeness (QED) is 0.600. The Kier molecular flexibility index (Phi) is 5.89. The summed E-state index contributed by atoms with van der Waals surface area (Å²) in [5, 5.41) is 7.23. The molecule has 0 aliphatic carbocycles. The molecule has 1 atom stereocenters. The topological polar surface area (TPSA) is 38.6 Å². The summed E-state index contributed by atoms with van der Waals surface area (Å²) in [6, 6.07) is 0. The van der Waals surface area contributed by atoms with Gasteiger partial charge in [0.05, 0.1) is 12.3 Å². The number of nitrogens with one attached hydrogen (secondary N) is 1. The lowest BCUT2D eigenvalue weighted by Crippen LogP contribution is -2.20. The molecule has 0 radical (unpaired) electrons. The minimum atomic E-state index is 0.567. The average Bonchev–Trinajstić information content (AvgIpc) is 2.96. The van der Waals surface area contributed by atoms with Gasteiger partial charge in [0.15, 0.2) is 4.96 Å². The Morgan fingerprint density at radius 2 is 2.25 bits per heavy atom. The van der Waals surface area contributed by atoms with Crippen molar-refractivity contribution in [2.24, 2.45) is 5.92 Å². The summed E-state index contributed by atoms with van der Waals surface area (Å²) in [4.78, 5) is 5.84. The zero-order valence-corrected chi connectivity index (χ0v) is 14.2. The lowest BCUT2D eigenvalue weighted by Gasteiger charge is -2.14. The predicted octanol–water partition coefficient (Wildman–Crippen LogP) is 3.27. The van der Waals surface area contributed by atoms with Crippen molar-refractivity contribution in [3.8, 4) is 0 Å². The predicted molar refractivity (Wildman–Crippen MR) is 86.8 cm³/mol. The minimum Gasteiger partial charge on any atom is -0.383 e. The fraction of sp³-hybridized carbons (Fsp3) is 0.643. The third kappa shape index (κ3) is 3.75. The van der Waals surface area contributed by atoms with Crippen LogP contribution in [0.5, 0.6) is 0 Å². The molecule has 6 heteroatoms. The number of ether oxygens (including phenoxy) is 1. The first-order chi connectivity index (χ1) is 9.63. The van der Waals surface area contributed by atoms with Crippen molar-refractivity contribution in [3.63, 3.8) is 0 Å². The Hall–Kier alpha value is -0.560. The lowest BCUT2D eigenvalue weighted by atomic mass is 10.2. The second kappa shape index (κ2) is 7.45. The van der Waals surface area contributed by atoms with Gasteiger partial charge in [0, 0.05) is 37.0 Å². The molecule has 0 aliphatic rings. The number of hydrogen-bond donors (Lipinski definition) is 1. The average molecular weight is 313 g/mol. The number of thiazole rings is 1. The van der Waals surface area contributed by atoms with Crippen molar-refractivity contribution in [2.45, 2.75) is 37.6 Å². The van der Waals surface area contributed by atoms with Crippen LogP contribution < -0.4 is 5.32 Å². The second-order valence-corrected chi connectivity index (χ2v) is 7.39. The van der Waals surface area contributed by atoms with Gasteiger partial charge < -0.3 is 10.1 Å². The van der Waals surface area contributed by atoms with Gasteiger partial charge >= 0.3 is 0 Å². The fourth-order valence-electron chi connectivity index (χ4n) is 1.76. The third-order valence-electron chi connectivity index (χ3n) is 3.34. The van der Waals surface area contributed by atoms with Crippen molar-refractivity contribution in [1.82, 2.24) is 14.7 Å². The number of hydrogen-bond acceptors (Lipinski definition) is 5. The first-order valence-electron chi connectivity index (χ1n) is 6.94. The molecule has 2 rings (SSSR count). The van der Waals surface area contributed by atoms with Gasteiger partial charge in [-0.3, -0.25) is 4.40 Å². The third-order valence-corrected chi connectivity index (χ3v) is 5.56. The molecule has 0 amide bonds. The van der Waals surface area contributed by atoms with Gasteiger partial charge in [-0.15, -0.1) is 23.1 Å². The lowest BCUT2D eigenvalue weighted by molar-refractivity contribution is 0.199. The fourth-order valence-corrected chi connectivity index (χ4v) is 3.62. The molecule has 0 saturated heterocycles. The number of imidazole rings is 1. The number of fused-ring (bicyclic) bond motifs is 1. The molecule has 4 nitrogen and oxygen atoms in total. The van der Waals surface area contributed by atoms with Gasteiger partial charge in [-0.2, -0.15) is 0 Å². The Morgan fingerprint density at radius 1 is 1.45 bits per heavy atom. The van der Waals surface area contributed by atoms with Crippen LogP contribution in [0.1, 0.15) is 26.5 Å². The molecule has 20 heavy (non-hydrogen) atoms. The van der Waals surface area contributed by atoms with Crippen molar-refractivity contribution < 1.29 is 4.74 Å². The summed E-state index contributed by atoms with van der Waals surface area (Å²) >= 11 is 3.56. The van der Waals surface area contributed by atoms with Crippen molar-refractivity contribution in [3.05, 3.63) is 17.3 Å². The molecule has 0 aromatic carbocycles. The summed E-state index contributed by atoms with van der Waals surface area (Å²) in [5.41, 5.74) is 1.26. The van der Waals surface area contributed by atoms with Gasteiger partial charge in [-0.1, -0.05) is 20.8 Å². The standard InChI is InChI=1S/C14H23N3OS2/c1-10(2)11(3)20-13-12(9-15-5-7-18-4)17-6-8-19-14(17)16-13/h6,8,10-11,15H,5,7,9H2,1-4H3. The smallest absolute Gasteiger partial charge is 0.194 e. The van der Waals surface area contributed by atoms with Gasteiger partial charge in [-0.05, 0) is 5.92 Å². The molecule has 1 N–H and O–H groups in total. The first kappa shape index (κ1) is 15.8. The maximum Gasteiger partial charge on any atom is 0.194 e. The van der Waals surface area contributed by atoms with E-state index >= 15 is 0 Å². The highest BCUT2D eigenvalue weighted by Gasteiger charge is 2.17. The van der Waals surface area contributed by atoms with E-state index in [9.17, 15) is 0 Å². The van der Waals surface area contributed by atoms with Crippen LogP contribution in [0.3, 0.4) is 0 Å². The van der Waals surface area contributed by atoms with E-state index < -0.39 is 0 Å². The molecular formula is C14H23N3OS2. The largest absolute Gasteiger partial charge is 0.383 e. The number of aromatic nitrogens is 2. The van der Waals surface area contributed by atoms with E-state index in [1.807, 2.05) is 11.8 Å². The van der Waals surface area contributed by atoms with E-state index in [0.29, 0.717) is 11.2 Å². The zero-order valence-electron chi connectivity index (χ0n) is 12.5. The normalized spacial score (nSPS) is 13.4. The van der Waals surface area contributed by atoms with Crippen LogP contribution in [0.25, 0.3) is 4.96 Å². The summed E-state index contributed by atoms with van der Waals surface area (Å²) in [6.07, 6.45) is 2.10. The zero-order chi connectivity index (χ0) is 14.5. The van der Waals surface area contributed by atoms with E-state index in [1.54, 1.807) is 18.4 Å². The van der Waals surface area contributed by atoms with Gasteiger partial charge in [0.2, 0.25) is 0 Å². The SMILES string of the molecule is COCCNCc1c(SC(C)C(C)C)nc2sccn12. The molecule has 0 bridgehead atoms. The maximum absolute atomic E-state index is 5.07. The first-order valence-corrected chi connectivity index (χ1v) is 8.70. The highest BCUT2D eigenvalue weighted by molar-refractivity contribution is 7.99. The molecule has 0 saturated carbocycles. The molecule has 0 spiro atoms. The van der Waals surface area contributed by atoms with Gasteiger partial charge in [0.1, 0.15) is 5.03 Å². The van der Waals surface area contributed by atoms with Crippen LogP contribution in [-0.2, 0) is 11.3 Å². The number of methoxy groups -OCH3 is 1. The molecule has 2 heterocycles. The monoisotopic (exact) mass is 313 g/mol. The van der Waals surface area contributed by atoms with E-state index in [0.717, 1.165) is 29.7 Å². The van der Waals surface area contributed by atoms with E-state index in [4.69, 9.17) is 9.72 Å². The summed E-state index contributed by atoms with van der Waals surface area (Å²) in [6.45, 7) is 9.20. The van der Waals surface area contributed by atoms with Crippen LogP contribution in [0.2, 0.25) is 0 Å². The molecule has 2 aromatic heterocycles. The summed E-state index contributed by atoms with van der Waals surface area (Å²) in [5.74, 6) is 0.647. The Labute approximate surface area is 128 Å². The summed E-state index contributed by atoms with van der Waals surface area (Å²) < 4.78 is 7.27. The molecular weight excluding hydrogens is 290 g/mol. The highest BCUT2D eigenvalue weighted by atomic mass is 32.2. The Morgan fingerprint density at radius 3 is 2.95 bits per heavy atom. The maximum atomic E-state index is 5.07. The van der Waals surface area contributed by atoms with Crippen LogP contribution in [0.4, 0.5) is 0 Å². The van der Waals surface area contributed by atoms with Gasteiger partial charge in [-0.25, -0.2) is 4.98 Å². The van der Waals surface area contributed by atoms with Crippen molar-refractivity contribution in [1.29, 1.82) is 0 Å². The van der Waals surface area contributed by atoms with Gasteiger partial charge in [0.25, 0.3) is 0 Å². The van der Waals surface area contributed by atoms with E-state index in [2.05, 4.69) is 42.1 Å². The number of thioether (sulfide) groups is 1. The molecule has 112 valence electrons. The molecule has 0 aliphatic heterocycles.